The highest BCUT2D eigenvalue weighted by Crippen LogP contribution is 2.27. The van der Waals surface area contributed by atoms with E-state index in [4.69, 9.17) is 0 Å². The van der Waals surface area contributed by atoms with E-state index in [9.17, 15) is 23.7 Å². The van der Waals surface area contributed by atoms with Gasteiger partial charge in [-0.05, 0) is 18.2 Å². The van der Waals surface area contributed by atoms with Gasteiger partial charge in [0.2, 0.25) is 5.82 Å². The van der Waals surface area contributed by atoms with Gasteiger partial charge < -0.3 is 5.32 Å². The van der Waals surface area contributed by atoms with E-state index < -0.39 is 33.8 Å². The van der Waals surface area contributed by atoms with Crippen molar-refractivity contribution in [3.63, 3.8) is 0 Å². The maximum Gasteiger partial charge on any atom is 0.307 e. The van der Waals surface area contributed by atoms with Crippen LogP contribution in [-0.4, -0.2) is 10.8 Å². The standard InChI is InChI=1S/C13H8F2N2O3/c14-9-6-7-10(17(19)20)11(15)12(9)16-13(18)8-4-2-1-3-5-8/h1-7H,(H,16,18). The summed E-state index contributed by atoms with van der Waals surface area (Å²) < 4.78 is 27.3. The average Bonchev–Trinajstić information content (AvgIpc) is 2.43. The Labute approximate surface area is 112 Å². The van der Waals surface area contributed by atoms with Crippen molar-refractivity contribution in [1.82, 2.24) is 0 Å². The fourth-order valence-corrected chi connectivity index (χ4v) is 1.57. The first-order valence-corrected chi connectivity index (χ1v) is 5.49. The predicted octanol–water partition coefficient (Wildman–Crippen LogP) is 3.13. The smallest absolute Gasteiger partial charge is 0.307 e. The Morgan fingerprint density at radius 3 is 2.35 bits per heavy atom. The zero-order valence-corrected chi connectivity index (χ0v) is 9.97. The van der Waals surface area contributed by atoms with Crippen molar-refractivity contribution in [2.45, 2.75) is 0 Å². The fraction of sp³-hybridized carbons (Fsp3) is 0. The minimum absolute atomic E-state index is 0.179. The van der Waals surface area contributed by atoms with E-state index >= 15 is 0 Å². The largest absolute Gasteiger partial charge is 0.317 e. The summed E-state index contributed by atoms with van der Waals surface area (Å²) in [6.07, 6.45) is 0. The maximum atomic E-state index is 13.8. The summed E-state index contributed by atoms with van der Waals surface area (Å²) in [5.74, 6) is -3.26. The highest BCUT2D eigenvalue weighted by atomic mass is 19.1. The van der Waals surface area contributed by atoms with Crippen LogP contribution in [-0.2, 0) is 0 Å². The van der Waals surface area contributed by atoms with Crippen LogP contribution >= 0.6 is 0 Å². The molecule has 2 aromatic carbocycles. The van der Waals surface area contributed by atoms with E-state index in [2.05, 4.69) is 0 Å². The number of carbonyl (C=O) groups excluding carboxylic acids is 1. The molecule has 0 aliphatic carbocycles. The van der Waals surface area contributed by atoms with Gasteiger partial charge in [0.15, 0.2) is 0 Å². The van der Waals surface area contributed by atoms with Crippen LogP contribution in [0.5, 0.6) is 0 Å². The van der Waals surface area contributed by atoms with Crippen LogP contribution in [0.25, 0.3) is 0 Å². The SMILES string of the molecule is O=C(Nc1c(F)ccc([N+](=O)[O-])c1F)c1ccccc1. The molecule has 0 spiro atoms. The zero-order valence-electron chi connectivity index (χ0n) is 9.97. The minimum atomic E-state index is -1.42. The molecule has 0 atom stereocenters. The molecule has 2 aromatic rings. The van der Waals surface area contributed by atoms with Gasteiger partial charge in [0.05, 0.1) is 4.92 Å². The minimum Gasteiger partial charge on any atom is -0.317 e. The molecular formula is C13H8F2N2O3. The Balaban J connectivity index is 2.37. The van der Waals surface area contributed by atoms with E-state index in [1.54, 1.807) is 18.2 Å². The first-order valence-electron chi connectivity index (χ1n) is 5.49. The van der Waals surface area contributed by atoms with Crippen molar-refractivity contribution in [1.29, 1.82) is 0 Å². The molecule has 102 valence electrons. The summed E-state index contributed by atoms with van der Waals surface area (Å²) in [4.78, 5) is 21.4. The number of benzene rings is 2. The van der Waals surface area contributed by atoms with E-state index in [1.165, 1.54) is 12.1 Å². The third kappa shape index (κ3) is 2.61. The van der Waals surface area contributed by atoms with Gasteiger partial charge in [-0.15, -0.1) is 0 Å². The highest BCUT2D eigenvalue weighted by molar-refractivity contribution is 6.04. The quantitative estimate of drug-likeness (QED) is 0.692. The number of nitrogens with zero attached hydrogens (tertiary/aromatic N) is 1. The number of rotatable bonds is 3. The lowest BCUT2D eigenvalue weighted by Crippen LogP contribution is -2.14. The third-order valence-corrected chi connectivity index (χ3v) is 2.54. The van der Waals surface area contributed by atoms with Gasteiger partial charge in [0.1, 0.15) is 11.5 Å². The summed E-state index contributed by atoms with van der Waals surface area (Å²) in [5.41, 5.74) is -1.57. The second kappa shape index (κ2) is 5.43. The lowest BCUT2D eigenvalue weighted by atomic mass is 10.2. The van der Waals surface area contributed by atoms with E-state index in [-0.39, 0.29) is 5.56 Å². The average molecular weight is 278 g/mol. The molecule has 0 aromatic heterocycles. The van der Waals surface area contributed by atoms with Gasteiger partial charge in [0, 0.05) is 11.6 Å². The molecule has 1 amide bonds. The van der Waals surface area contributed by atoms with Crippen molar-refractivity contribution in [2.75, 3.05) is 5.32 Å². The van der Waals surface area contributed by atoms with Gasteiger partial charge in [-0.25, -0.2) is 4.39 Å². The molecule has 1 N–H and O–H groups in total. The number of hydrogen-bond acceptors (Lipinski definition) is 3. The second-order valence-corrected chi connectivity index (χ2v) is 3.83. The predicted molar refractivity (Wildman–Crippen MR) is 67.4 cm³/mol. The van der Waals surface area contributed by atoms with E-state index in [0.717, 1.165) is 6.07 Å². The molecule has 0 radical (unpaired) electrons. The Bertz CT molecular complexity index is 675. The maximum absolute atomic E-state index is 13.8. The van der Waals surface area contributed by atoms with Gasteiger partial charge in [-0.3, -0.25) is 14.9 Å². The normalized spacial score (nSPS) is 10.1. The Kier molecular flexibility index (Phi) is 3.69. The van der Waals surface area contributed by atoms with Crippen LogP contribution in [0.15, 0.2) is 42.5 Å². The number of amides is 1. The molecule has 2 rings (SSSR count). The summed E-state index contributed by atoms with van der Waals surface area (Å²) in [6.45, 7) is 0. The summed E-state index contributed by atoms with van der Waals surface area (Å²) in [7, 11) is 0. The monoisotopic (exact) mass is 278 g/mol. The summed E-state index contributed by atoms with van der Waals surface area (Å²) >= 11 is 0. The van der Waals surface area contributed by atoms with Gasteiger partial charge >= 0.3 is 5.69 Å². The number of hydrogen-bond donors (Lipinski definition) is 1. The van der Waals surface area contributed by atoms with Gasteiger partial charge in [0.25, 0.3) is 5.91 Å². The van der Waals surface area contributed by atoms with E-state index in [0.29, 0.717) is 6.07 Å². The third-order valence-electron chi connectivity index (χ3n) is 2.54. The Morgan fingerprint density at radius 1 is 1.10 bits per heavy atom. The van der Waals surface area contributed by atoms with Crippen LogP contribution in [0.3, 0.4) is 0 Å². The Hall–Kier alpha value is -2.83. The van der Waals surface area contributed by atoms with Crippen molar-refractivity contribution in [3.8, 4) is 0 Å². The first-order chi connectivity index (χ1) is 9.50. The zero-order chi connectivity index (χ0) is 14.7. The van der Waals surface area contributed by atoms with Crippen LogP contribution in [0.1, 0.15) is 10.4 Å². The molecule has 0 bridgehead atoms. The molecule has 0 saturated carbocycles. The molecule has 0 saturated heterocycles. The summed E-state index contributed by atoms with van der Waals surface area (Å²) in [6, 6.07) is 9.14. The molecule has 20 heavy (non-hydrogen) atoms. The molecule has 7 heteroatoms. The molecule has 0 aliphatic heterocycles. The van der Waals surface area contributed by atoms with Crippen molar-refractivity contribution >= 4 is 17.3 Å². The fourth-order valence-electron chi connectivity index (χ4n) is 1.57. The van der Waals surface area contributed by atoms with Crippen LogP contribution in [0.2, 0.25) is 0 Å². The number of halogens is 2. The molecule has 0 unspecified atom stereocenters. The number of nitrogens with one attached hydrogen (secondary N) is 1. The van der Waals surface area contributed by atoms with Crippen molar-refractivity contribution < 1.29 is 18.5 Å². The first kappa shape index (κ1) is 13.6. The van der Waals surface area contributed by atoms with Crippen molar-refractivity contribution in [2.24, 2.45) is 0 Å². The van der Waals surface area contributed by atoms with Gasteiger partial charge in [-0.2, -0.15) is 4.39 Å². The van der Waals surface area contributed by atoms with Crippen LogP contribution < -0.4 is 5.32 Å². The highest BCUT2D eigenvalue weighted by Gasteiger charge is 2.23. The second-order valence-electron chi connectivity index (χ2n) is 3.83. The molecule has 5 nitrogen and oxygen atoms in total. The topological polar surface area (TPSA) is 72.2 Å². The van der Waals surface area contributed by atoms with E-state index in [1.807, 2.05) is 5.32 Å². The number of nitro groups is 1. The number of nitro benzene ring substituents is 1. The van der Waals surface area contributed by atoms with Crippen molar-refractivity contribution in [3.05, 3.63) is 69.8 Å². The summed E-state index contributed by atoms with van der Waals surface area (Å²) in [5, 5.41) is 12.6. The van der Waals surface area contributed by atoms with Crippen LogP contribution in [0, 0.1) is 21.7 Å². The lowest BCUT2D eigenvalue weighted by molar-refractivity contribution is -0.387. The molecular weight excluding hydrogens is 270 g/mol. The molecule has 0 fully saturated rings. The number of carbonyl (C=O) groups is 1. The lowest BCUT2D eigenvalue weighted by Gasteiger charge is -2.07. The number of anilines is 1. The van der Waals surface area contributed by atoms with Gasteiger partial charge in [-0.1, -0.05) is 18.2 Å². The molecule has 0 aliphatic rings. The Morgan fingerprint density at radius 2 is 1.75 bits per heavy atom. The molecule has 0 heterocycles. The van der Waals surface area contributed by atoms with Crippen LogP contribution in [0.4, 0.5) is 20.2 Å².